The average molecular weight is 252 g/mol. The molecule has 0 bridgehead atoms. The van der Waals surface area contributed by atoms with Gasteiger partial charge in [0.25, 0.3) is 0 Å². The Morgan fingerprint density at radius 1 is 1.00 bits per heavy atom. The van der Waals surface area contributed by atoms with E-state index < -0.39 is 0 Å². The minimum atomic E-state index is -0.234. The van der Waals surface area contributed by atoms with Crippen molar-refractivity contribution in [1.29, 1.82) is 0 Å². The summed E-state index contributed by atoms with van der Waals surface area (Å²) in [5, 5.41) is 0. The lowest BCUT2D eigenvalue weighted by Gasteiger charge is -2.25. The summed E-state index contributed by atoms with van der Waals surface area (Å²) >= 11 is 0. The van der Waals surface area contributed by atoms with Gasteiger partial charge in [-0.15, -0.1) is 0 Å². The maximum atomic E-state index is 12.1. The minimum Gasteiger partial charge on any atom is -0.454 e. The van der Waals surface area contributed by atoms with Crippen molar-refractivity contribution in [2.45, 2.75) is 25.4 Å². The SMILES string of the molecule is O=C(OC1CCCc2ccccc21)c1ccccc1. The summed E-state index contributed by atoms with van der Waals surface area (Å²) in [6.07, 6.45) is 2.96. The van der Waals surface area contributed by atoms with E-state index in [1.807, 2.05) is 30.3 Å². The highest BCUT2D eigenvalue weighted by atomic mass is 16.5. The number of hydrogen-bond acceptors (Lipinski definition) is 2. The molecule has 2 aromatic rings. The van der Waals surface area contributed by atoms with Crippen molar-refractivity contribution in [2.24, 2.45) is 0 Å². The Hall–Kier alpha value is -2.09. The zero-order valence-electron chi connectivity index (χ0n) is 10.7. The van der Waals surface area contributed by atoms with Crippen LogP contribution in [0.1, 0.15) is 40.4 Å². The number of esters is 1. The van der Waals surface area contributed by atoms with Gasteiger partial charge in [0, 0.05) is 0 Å². The van der Waals surface area contributed by atoms with Crippen molar-refractivity contribution in [3.8, 4) is 0 Å². The third-order valence-electron chi connectivity index (χ3n) is 3.57. The molecule has 2 nitrogen and oxygen atoms in total. The Labute approximate surface area is 113 Å². The quantitative estimate of drug-likeness (QED) is 0.757. The summed E-state index contributed by atoms with van der Waals surface area (Å²) in [7, 11) is 0. The number of rotatable bonds is 2. The first kappa shape index (κ1) is 12.0. The maximum absolute atomic E-state index is 12.1. The molecule has 1 aliphatic rings. The smallest absolute Gasteiger partial charge is 0.338 e. The predicted molar refractivity (Wildman–Crippen MR) is 74.0 cm³/mol. The molecule has 2 heteroatoms. The Balaban J connectivity index is 1.80. The van der Waals surface area contributed by atoms with Gasteiger partial charge >= 0.3 is 5.97 Å². The molecule has 1 unspecified atom stereocenters. The zero-order chi connectivity index (χ0) is 13.1. The van der Waals surface area contributed by atoms with Gasteiger partial charge in [-0.05, 0) is 42.5 Å². The van der Waals surface area contributed by atoms with Crippen LogP contribution in [0.4, 0.5) is 0 Å². The van der Waals surface area contributed by atoms with Crippen LogP contribution in [0, 0.1) is 0 Å². The van der Waals surface area contributed by atoms with E-state index >= 15 is 0 Å². The van der Waals surface area contributed by atoms with Crippen LogP contribution in [0.15, 0.2) is 54.6 Å². The molecular weight excluding hydrogens is 236 g/mol. The molecule has 1 atom stereocenters. The molecule has 19 heavy (non-hydrogen) atoms. The van der Waals surface area contributed by atoms with Crippen LogP contribution in [0.25, 0.3) is 0 Å². The van der Waals surface area contributed by atoms with E-state index in [-0.39, 0.29) is 12.1 Å². The van der Waals surface area contributed by atoms with E-state index in [1.54, 1.807) is 12.1 Å². The number of carbonyl (C=O) groups is 1. The van der Waals surface area contributed by atoms with Gasteiger partial charge in [-0.25, -0.2) is 4.79 Å². The monoisotopic (exact) mass is 252 g/mol. The number of benzene rings is 2. The Kier molecular flexibility index (Phi) is 3.32. The van der Waals surface area contributed by atoms with Gasteiger partial charge in [0.15, 0.2) is 0 Å². The maximum Gasteiger partial charge on any atom is 0.338 e. The molecule has 96 valence electrons. The largest absolute Gasteiger partial charge is 0.454 e. The molecule has 3 rings (SSSR count). The molecule has 1 aliphatic carbocycles. The van der Waals surface area contributed by atoms with Gasteiger partial charge in [-0.3, -0.25) is 0 Å². The molecule has 2 aromatic carbocycles. The molecule has 0 heterocycles. The first-order valence-electron chi connectivity index (χ1n) is 6.68. The van der Waals surface area contributed by atoms with Crippen LogP contribution in [0.2, 0.25) is 0 Å². The van der Waals surface area contributed by atoms with E-state index in [1.165, 1.54) is 5.56 Å². The Morgan fingerprint density at radius 3 is 2.58 bits per heavy atom. The van der Waals surface area contributed by atoms with E-state index in [9.17, 15) is 4.79 Å². The lowest BCUT2D eigenvalue weighted by Crippen LogP contribution is -2.16. The lowest BCUT2D eigenvalue weighted by atomic mass is 9.89. The molecular formula is C17H16O2. The fourth-order valence-corrected chi connectivity index (χ4v) is 2.60. The Bertz CT molecular complexity index is 575. The summed E-state index contributed by atoms with van der Waals surface area (Å²) in [6.45, 7) is 0. The third-order valence-corrected chi connectivity index (χ3v) is 3.57. The van der Waals surface area contributed by atoms with Crippen molar-refractivity contribution in [3.05, 3.63) is 71.3 Å². The predicted octanol–water partition coefficient (Wildman–Crippen LogP) is 3.92. The molecule has 0 saturated heterocycles. The van der Waals surface area contributed by atoms with Crippen molar-refractivity contribution < 1.29 is 9.53 Å². The second-order valence-corrected chi connectivity index (χ2v) is 4.85. The number of fused-ring (bicyclic) bond motifs is 1. The number of ether oxygens (including phenoxy) is 1. The molecule has 0 radical (unpaired) electrons. The molecule has 0 spiro atoms. The van der Waals surface area contributed by atoms with Gasteiger partial charge in [0.05, 0.1) is 5.56 Å². The second kappa shape index (κ2) is 5.27. The van der Waals surface area contributed by atoms with E-state index in [0.717, 1.165) is 24.8 Å². The highest BCUT2D eigenvalue weighted by molar-refractivity contribution is 5.89. The van der Waals surface area contributed by atoms with Crippen molar-refractivity contribution >= 4 is 5.97 Å². The summed E-state index contributed by atoms with van der Waals surface area (Å²) in [5.74, 6) is -0.234. The minimum absolute atomic E-state index is 0.0994. The van der Waals surface area contributed by atoms with Crippen molar-refractivity contribution in [1.82, 2.24) is 0 Å². The number of carbonyl (C=O) groups excluding carboxylic acids is 1. The van der Waals surface area contributed by atoms with E-state index in [2.05, 4.69) is 12.1 Å². The molecule has 0 amide bonds. The normalized spacial score (nSPS) is 17.6. The standard InChI is InChI=1S/C17H16O2/c18-17(14-8-2-1-3-9-14)19-16-12-6-10-13-7-4-5-11-15(13)16/h1-5,7-9,11,16H,6,10,12H2. The fraction of sp³-hybridized carbons (Fsp3) is 0.235. The average Bonchev–Trinajstić information content (AvgIpc) is 2.48. The molecule has 0 aliphatic heterocycles. The number of hydrogen-bond donors (Lipinski definition) is 0. The van der Waals surface area contributed by atoms with Crippen molar-refractivity contribution in [3.63, 3.8) is 0 Å². The zero-order valence-corrected chi connectivity index (χ0v) is 10.7. The third kappa shape index (κ3) is 2.53. The van der Waals surface area contributed by atoms with Gasteiger partial charge in [-0.2, -0.15) is 0 Å². The van der Waals surface area contributed by atoms with E-state index in [0.29, 0.717) is 5.56 Å². The molecule has 0 saturated carbocycles. The topological polar surface area (TPSA) is 26.3 Å². The van der Waals surface area contributed by atoms with Gasteiger partial charge in [-0.1, -0.05) is 42.5 Å². The molecule has 0 fully saturated rings. The summed E-state index contributed by atoms with van der Waals surface area (Å²) in [5.41, 5.74) is 3.09. The van der Waals surface area contributed by atoms with Crippen molar-refractivity contribution in [2.75, 3.05) is 0 Å². The lowest BCUT2D eigenvalue weighted by molar-refractivity contribution is 0.0256. The second-order valence-electron chi connectivity index (χ2n) is 4.85. The summed E-state index contributed by atoms with van der Waals surface area (Å²) in [6, 6.07) is 17.4. The summed E-state index contributed by atoms with van der Waals surface area (Å²) < 4.78 is 5.66. The number of aryl methyl sites for hydroxylation is 1. The van der Waals surface area contributed by atoms with Crippen LogP contribution in [0.5, 0.6) is 0 Å². The van der Waals surface area contributed by atoms with Gasteiger partial charge in [0.2, 0.25) is 0 Å². The fourth-order valence-electron chi connectivity index (χ4n) is 2.60. The highest BCUT2D eigenvalue weighted by Crippen LogP contribution is 2.32. The van der Waals surface area contributed by atoms with E-state index in [4.69, 9.17) is 4.74 Å². The molecule has 0 N–H and O–H groups in total. The summed E-state index contributed by atoms with van der Waals surface area (Å²) in [4.78, 5) is 12.1. The van der Waals surface area contributed by atoms with Crippen LogP contribution in [-0.2, 0) is 11.2 Å². The Morgan fingerprint density at radius 2 is 1.74 bits per heavy atom. The highest BCUT2D eigenvalue weighted by Gasteiger charge is 2.23. The van der Waals surface area contributed by atoms with Crippen LogP contribution >= 0.6 is 0 Å². The van der Waals surface area contributed by atoms with Gasteiger partial charge < -0.3 is 4.74 Å². The first-order chi connectivity index (χ1) is 9.34. The molecule has 0 aromatic heterocycles. The van der Waals surface area contributed by atoms with Crippen LogP contribution in [0.3, 0.4) is 0 Å². The van der Waals surface area contributed by atoms with Gasteiger partial charge in [0.1, 0.15) is 6.10 Å². The first-order valence-corrected chi connectivity index (χ1v) is 6.68. The van der Waals surface area contributed by atoms with Crippen LogP contribution < -0.4 is 0 Å². The van der Waals surface area contributed by atoms with Crippen LogP contribution in [-0.4, -0.2) is 5.97 Å².